The van der Waals surface area contributed by atoms with E-state index in [4.69, 9.17) is 9.15 Å². The smallest absolute Gasteiger partial charge is 0.226 e. The molecule has 146 valence electrons. The van der Waals surface area contributed by atoms with E-state index in [1.807, 2.05) is 17.9 Å². The number of nitrogens with one attached hydrogen (secondary N) is 1. The summed E-state index contributed by atoms with van der Waals surface area (Å²) in [6.45, 7) is 9.38. The van der Waals surface area contributed by atoms with Crippen molar-refractivity contribution in [1.82, 2.24) is 15.2 Å². The molecule has 4 rings (SSSR count). The van der Waals surface area contributed by atoms with Crippen molar-refractivity contribution >= 4 is 24.3 Å². The molecule has 0 aromatic carbocycles. The maximum Gasteiger partial charge on any atom is 0.226 e. The van der Waals surface area contributed by atoms with Crippen molar-refractivity contribution in [2.45, 2.75) is 51.5 Å². The molecular formula is C20H28N4O3. The van der Waals surface area contributed by atoms with Gasteiger partial charge in [-0.15, -0.1) is 5.10 Å². The average molecular weight is 372 g/mol. The molecule has 1 aromatic heterocycles. The Kier molecular flexibility index (Phi) is 5.20. The number of hydrazone groups is 1. The highest BCUT2D eigenvalue weighted by atomic mass is 16.5. The monoisotopic (exact) mass is 372 g/mol. The number of amides is 1. The number of aryl methyl sites for hydroxylation is 1. The highest BCUT2D eigenvalue weighted by Gasteiger charge is 2.28. The third-order valence-electron chi connectivity index (χ3n) is 5.74. The fourth-order valence-corrected chi connectivity index (χ4v) is 4.23. The van der Waals surface area contributed by atoms with E-state index >= 15 is 0 Å². The third-order valence-corrected chi connectivity index (χ3v) is 5.74. The van der Waals surface area contributed by atoms with Gasteiger partial charge in [0.25, 0.3) is 0 Å². The number of hydrogen-bond donors (Lipinski definition) is 1. The van der Waals surface area contributed by atoms with Crippen molar-refractivity contribution < 1.29 is 13.9 Å². The van der Waals surface area contributed by atoms with E-state index in [2.05, 4.69) is 22.0 Å². The maximum absolute atomic E-state index is 12.5. The molecule has 0 radical (unpaired) electrons. The van der Waals surface area contributed by atoms with E-state index in [1.165, 1.54) is 25.7 Å². The van der Waals surface area contributed by atoms with Crippen LogP contribution in [-0.4, -0.2) is 53.8 Å². The van der Waals surface area contributed by atoms with Gasteiger partial charge in [0.05, 0.1) is 5.22 Å². The summed E-state index contributed by atoms with van der Waals surface area (Å²) in [5.41, 5.74) is 3.41. The molecule has 3 aliphatic rings. The molecule has 3 heterocycles. The molecule has 1 aromatic rings. The van der Waals surface area contributed by atoms with Crippen LogP contribution in [0.5, 0.6) is 0 Å². The zero-order valence-electron chi connectivity index (χ0n) is 16.0. The minimum Gasteiger partial charge on any atom is -0.462 e. The second kappa shape index (κ2) is 7.76. The molecule has 1 amide bonds. The first-order valence-electron chi connectivity index (χ1n) is 9.92. The van der Waals surface area contributed by atoms with Crippen LogP contribution in [0.15, 0.2) is 15.6 Å². The predicted molar refractivity (Wildman–Crippen MR) is 103 cm³/mol. The highest BCUT2D eigenvalue weighted by molar-refractivity contribution is 5.87. The molecular weight excluding hydrogens is 344 g/mol. The summed E-state index contributed by atoms with van der Waals surface area (Å²) in [5.74, 6) is 2.00. The van der Waals surface area contributed by atoms with Gasteiger partial charge >= 0.3 is 0 Å². The summed E-state index contributed by atoms with van der Waals surface area (Å²) < 4.78 is 11.2. The van der Waals surface area contributed by atoms with Crippen LogP contribution >= 0.6 is 0 Å². The second-order valence-electron chi connectivity index (χ2n) is 7.60. The Bertz CT molecular complexity index is 830. The molecule has 0 atom stereocenters. The predicted octanol–water partition coefficient (Wildman–Crippen LogP) is 0.864. The van der Waals surface area contributed by atoms with Crippen molar-refractivity contribution in [1.29, 1.82) is 0 Å². The summed E-state index contributed by atoms with van der Waals surface area (Å²) >= 11 is 0. The SMILES string of the molecule is C=c1oc(C)cc1=C1NN=C(CCC(=O)N2CCN(C3CCCC3)CC2)O1. The minimum atomic E-state index is 0.179. The molecule has 27 heavy (non-hydrogen) atoms. The van der Waals surface area contributed by atoms with Gasteiger partial charge in [-0.2, -0.15) is 0 Å². The number of carbonyl (C=O) groups is 1. The quantitative estimate of drug-likeness (QED) is 0.849. The number of rotatable bonds is 4. The van der Waals surface area contributed by atoms with Crippen LogP contribution in [-0.2, 0) is 9.53 Å². The Labute approximate surface area is 159 Å². The molecule has 1 N–H and O–H groups in total. The Hall–Kier alpha value is -2.28. The number of piperazine rings is 1. The average Bonchev–Trinajstić information content (AvgIpc) is 3.41. The van der Waals surface area contributed by atoms with Crippen LogP contribution in [0, 0.1) is 6.92 Å². The lowest BCUT2D eigenvalue weighted by atomic mass is 10.1. The lowest BCUT2D eigenvalue weighted by Gasteiger charge is -2.38. The molecule has 1 saturated carbocycles. The topological polar surface area (TPSA) is 70.3 Å². The first-order valence-corrected chi connectivity index (χ1v) is 9.92. The molecule has 7 nitrogen and oxygen atoms in total. The standard InChI is InChI=1S/C20H28N4O3/c1-14-13-17(15(2)26-14)20-22-21-18(27-20)7-8-19(25)24-11-9-23(10-12-24)16-5-3-4-6-16/h13,16,22H,2-12H2,1H3. The van der Waals surface area contributed by atoms with E-state index < -0.39 is 0 Å². The third kappa shape index (κ3) is 4.03. The molecule has 1 aliphatic carbocycles. The van der Waals surface area contributed by atoms with E-state index in [-0.39, 0.29) is 5.91 Å². The molecule has 1 saturated heterocycles. The zero-order chi connectivity index (χ0) is 18.8. The zero-order valence-corrected chi connectivity index (χ0v) is 16.0. The van der Waals surface area contributed by atoms with Crippen molar-refractivity contribution in [2.24, 2.45) is 5.10 Å². The van der Waals surface area contributed by atoms with Crippen LogP contribution in [0.2, 0.25) is 0 Å². The number of nitrogens with zero attached hydrogens (tertiary/aromatic N) is 3. The Morgan fingerprint density at radius 3 is 2.70 bits per heavy atom. The maximum atomic E-state index is 12.5. The number of carbonyl (C=O) groups excluding carboxylic acids is 1. The van der Waals surface area contributed by atoms with Gasteiger partial charge in [-0.3, -0.25) is 9.69 Å². The van der Waals surface area contributed by atoms with E-state index in [1.54, 1.807) is 0 Å². The minimum absolute atomic E-state index is 0.179. The van der Waals surface area contributed by atoms with Crippen molar-refractivity contribution in [2.75, 3.05) is 26.2 Å². The summed E-state index contributed by atoms with van der Waals surface area (Å²) in [4.78, 5) is 17.1. The summed E-state index contributed by atoms with van der Waals surface area (Å²) in [6.07, 6.45) is 6.25. The Balaban J connectivity index is 1.25. The van der Waals surface area contributed by atoms with Gasteiger partial charge in [0, 0.05) is 45.1 Å². The molecule has 2 aliphatic heterocycles. The van der Waals surface area contributed by atoms with Crippen molar-refractivity contribution in [3.05, 3.63) is 22.5 Å². The number of hydrogen-bond acceptors (Lipinski definition) is 6. The van der Waals surface area contributed by atoms with E-state index in [9.17, 15) is 4.79 Å². The van der Waals surface area contributed by atoms with Gasteiger partial charge in [-0.05, 0) is 25.8 Å². The van der Waals surface area contributed by atoms with E-state index in [0.717, 1.165) is 43.2 Å². The van der Waals surface area contributed by atoms with Crippen LogP contribution in [0.25, 0.3) is 12.5 Å². The summed E-state index contributed by atoms with van der Waals surface area (Å²) in [6, 6.07) is 2.60. The van der Waals surface area contributed by atoms with Gasteiger partial charge in [-0.1, -0.05) is 19.4 Å². The van der Waals surface area contributed by atoms with Crippen LogP contribution in [0.3, 0.4) is 0 Å². The first-order chi connectivity index (χ1) is 13.1. The molecule has 0 spiro atoms. The Morgan fingerprint density at radius 1 is 1.30 bits per heavy atom. The lowest BCUT2D eigenvalue weighted by Crippen LogP contribution is -2.51. The fraction of sp³-hybridized carbons (Fsp3) is 0.600. The molecule has 0 unspecified atom stereocenters. The summed E-state index contributed by atoms with van der Waals surface area (Å²) in [5, 5.41) is 4.95. The largest absolute Gasteiger partial charge is 0.462 e. The van der Waals surface area contributed by atoms with Gasteiger partial charge in [0.2, 0.25) is 17.7 Å². The molecule has 7 heteroatoms. The highest BCUT2D eigenvalue weighted by Crippen LogP contribution is 2.24. The van der Waals surface area contributed by atoms with Gasteiger partial charge in [-0.25, -0.2) is 5.43 Å². The molecule has 0 bridgehead atoms. The van der Waals surface area contributed by atoms with Crippen molar-refractivity contribution in [3.63, 3.8) is 0 Å². The number of ether oxygens (including phenoxy) is 1. The van der Waals surface area contributed by atoms with Gasteiger partial charge in [0.1, 0.15) is 11.2 Å². The normalized spacial score (nSPS) is 23.3. The van der Waals surface area contributed by atoms with E-state index in [0.29, 0.717) is 30.0 Å². The van der Waals surface area contributed by atoms with Crippen molar-refractivity contribution in [3.8, 4) is 0 Å². The van der Waals surface area contributed by atoms with Gasteiger partial charge in [0.15, 0.2) is 0 Å². The van der Waals surface area contributed by atoms with Crippen LogP contribution in [0.4, 0.5) is 0 Å². The first kappa shape index (κ1) is 18.1. The van der Waals surface area contributed by atoms with Crippen LogP contribution in [0.1, 0.15) is 44.3 Å². The Morgan fingerprint density at radius 2 is 2.04 bits per heavy atom. The number of furan rings is 1. The second-order valence-corrected chi connectivity index (χ2v) is 7.60. The summed E-state index contributed by atoms with van der Waals surface area (Å²) in [7, 11) is 0. The lowest BCUT2D eigenvalue weighted by molar-refractivity contribution is -0.133. The van der Waals surface area contributed by atoms with Crippen LogP contribution < -0.4 is 16.1 Å². The molecule has 2 fully saturated rings. The van der Waals surface area contributed by atoms with Gasteiger partial charge < -0.3 is 14.1 Å². The fourth-order valence-electron chi connectivity index (χ4n) is 4.23.